The lowest BCUT2D eigenvalue weighted by molar-refractivity contribution is -0.137. The highest BCUT2D eigenvalue weighted by Crippen LogP contribution is 2.26. The highest BCUT2D eigenvalue weighted by molar-refractivity contribution is 6.30. The molecule has 2 aliphatic rings. The zero-order chi connectivity index (χ0) is 15.5. The third-order valence-electron chi connectivity index (χ3n) is 4.83. The van der Waals surface area contributed by atoms with E-state index in [-0.39, 0.29) is 12.0 Å². The molecule has 1 aromatic carbocycles. The average molecular weight is 322 g/mol. The van der Waals surface area contributed by atoms with Crippen molar-refractivity contribution in [3.8, 4) is 0 Å². The highest BCUT2D eigenvalue weighted by Gasteiger charge is 2.30. The number of carbonyl (C=O) groups is 1. The molecule has 4 nitrogen and oxygen atoms in total. The fourth-order valence-corrected chi connectivity index (χ4v) is 3.75. The van der Waals surface area contributed by atoms with Gasteiger partial charge >= 0.3 is 0 Å². The maximum Gasteiger partial charge on any atom is 0.225 e. The monoisotopic (exact) mass is 321 g/mol. The molecule has 1 aromatic rings. The maximum atomic E-state index is 12.6. The first-order valence-corrected chi connectivity index (χ1v) is 8.56. The third kappa shape index (κ3) is 3.55. The molecule has 2 fully saturated rings. The summed E-state index contributed by atoms with van der Waals surface area (Å²) < 4.78 is 0. The van der Waals surface area contributed by atoms with Crippen LogP contribution < -0.4 is 10.6 Å². The Hall–Kier alpha value is -1.26. The number of piperazine rings is 1. The van der Waals surface area contributed by atoms with Crippen molar-refractivity contribution in [1.82, 2.24) is 4.90 Å². The fourth-order valence-electron chi connectivity index (χ4n) is 3.57. The Morgan fingerprint density at radius 2 is 1.95 bits per heavy atom. The van der Waals surface area contributed by atoms with Crippen molar-refractivity contribution in [3.05, 3.63) is 29.3 Å². The molecule has 0 radical (unpaired) electrons. The predicted octanol–water partition coefficient (Wildman–Crippen LogP) is 2.51. The first kappa shape index (κ1) is 15.6. The number of carbonyl (C=O) groups excluding carboxylic acids is 1. The number of nitrogens with two attached hydrogens (primary N) is 1. The van der Waals surface area contributed by atoms with Gasteiger partial charge in [-0.1, -0.05) is 24.1 Å². The molecule has 2 atom stereocenters. The zero-order valence-electron chi connectivity index (χ0n) is 12.9. The third-order valence-corrected chi connectivity index (χ3v) is 5.06. The lowest BCUT2D eigenvalue weighted by Gasteiger charge is -2.38. The molecular formula is C17H24ClN3O. The highest BCUT2D eigenvalue weighted by atomic mass is 35.5. The van der Waals surface area contributed by atoms with E-state index in [1.807, 2.05) is 23.1 Å². The molecule has 0 bridgehead atoms. The SMILES string of the molecule is NC1CCCC(C(=O)N2CCN(c3cccc(Cl)c3)CC2)C1. The Balaban J connectivity index is 1.56. The van der Waals surface area contributed by atoms with Crippen LogP contribution in [-0.4, -0.2) is 43.0 Å². The van der Waals surface area contributed by atoms with Crippen LogP contribution in [0.25, 0.3) is 0 Å². The van der Waals surface area contributed by atoms with E-state index in [0.29, 0.717) is 5.91 Å². The van der Waals surface area contributed by atoms with Gasteiger partial charge in [0.25, 0.3) is 0 Å². The normalized spacial score (nSPS) is 26.1. The molecule has 1 amide bonds. The predicted molar refractivity (Wildman–Crippen MR) is 90.2 cm³/mol. The first-order chi connectivity index (χ1) is 10.6. The summed E-state index contributed by atoms with van der Waals surface area (Å²) in [5, 5.41) is 0.757. The van der Waals surface area contributed by atoms with E-state index in [0.717, 1.165) is 62.6 Å². The van der Waals surface area contributed by atoms with Gasteiger partial charge in [-0.2, -0.15) is 0 Å². The van der Waals surface area contributed by atoms with Crippen molar-refractivity contribution in [2.75, 3.05) is 31.1 Å². The molecule has 5 heteroatoms. The second kappa shape index (κ2) is 6.88. The summed E-state index contributed by atoms with van der Waals surface area (Å²) in [5.41, 5.74) is 7.15. The lowest BCUT2D eigenvalue weighted by atomic mass is 9.85. The number of hydrogen-bond acceptors (Lipinski definition) is 3. The van der Waals surface area contributed by atoms with Crippen LogP contribution >= 0.6 is 11.6 Å². The van der Waals surface area contributed by atoms with Crippen LogP contribution in [0.15, 0.2) is 24.3 Å². The Morgan fingerprint density at radius 1 is 1.18 bits per heavy atom. The molecule has 22 heavy (non-hydrogen) atoms. The van der Waals surface area contributed by atoms with E-state index in [4.69, 9.17) is 17.3 Å². The van der Waals surface area contributed by atoms with Crippen molar-refractivity contribution in [2.24, 2.45) is 11.7 Å². The molecule has 1 saturated carbocycles. The summed E-state index contributed by atoms with van der Waals surface area (Å²) in [6.45, 7) is 3.31. The summed E-state index contributed by atoms with van der Waals surface area (Å²) in [4.78, 5) is 16.9. The Labute approximate surface area is 137 Å². The van der Waals surface area contributed by atoms with E-state index >= 15 is 0 Å². The van der Waals surface area contributed by atoms with Gasteiger partial charge in [-0.25, -0.2) is 0 Å². The van der Waals surface area contributed by atoms with Gasteiger partial charge in [-0.15, -0.1) is 0 Å². The molecule has 0 aromatic heterocycles. The van der Waals surface area contributed by atoms with Gasteiger partial charge in [0.15, 0.2) is 0 Å². The smallest absolute Gasteiger partial charge is 0.225 e. The minimum Gasteiger partial charge on any atom is -0.368 e. The maximum absolute atomic E-state index is 12.6. The van der Waals surface area contributed by atoms with Gasteiger partial charge in [-0.05, 0) is 37.5 Å². The zero-order valence-corrected chi connectivity index (χ0v) is 13.6. The van der Waals surface area contributed by atoms with Crippen LogP contribution in [0.3, 0.4) is 0 Å². The topological polar surface area (TPSA) is 49.6 Å². The van der Waals surface area contributed by atoms with Crippen LogP contribution in [0.4, 0.5) is 5.69 Å². The molecular weight excluding hydrogens is 298 g/mol. The first-order valence-electron chi connectivity index (χ1n) is 8.18. The van der Waals surface area contributed by atoms with E-state index in [1.165, 1.54) is 0 Å². The van der Waals surface area contributed by atoms with Gasteiger partial charge in [0, 0.05) is 48.8 Å². The van der Waals surface area contributed by atoms with Crippen molar-refractivity contribution >= 4 is 23.2 Å². The number of benzene rings is 1. The van der Waals surface area contributed by atoms with Gasteiger partial charge in [0.1, 0.15) is 0 Å². The van der Waals surface area contributed by atoms with Crippen LogP contribution in [0.1, 0.15) is 25.7 Å². The Morgan fingerprint density at radius 3 is 2.64 bits per heavy atom. The van der Waals surface area contributed by atoms with Gasteiger partial charge < -0.3 is 15.5 Å². The van der Waals surface area contributed by atoms with Crippen molar-refractivity contribution in [1.29, 1.82) is 0 Å². The fraction of sp³-hybridized carbons (Fsp3) is 0.588. The summed E-state index contributed by atoms with van der Waals surface area (Å²) >= 11 is 6.06. The van der Waals surface area contributed by atoms with Crippen LogP contribution in [0.2, 0.25) is 5.02 Å². The van der Waals surface area contributed by atoms with Crippen LogP contribution in [-0.2, 0) is 4.79 Å². The van der Waals surface area contributed by atoms with E-state index in [9.17, 15) is 4.79 Å². The van der Waals surface area contributed by atoms with Crippen molar-refractivity contribution in [2.45, 2.75) is 31.7 Å². The molecule has 3 rings (SSSR count). The summed E-state index contributed by atoms with van der Waals surface area (Å²) in [6.07, 6.45) is 4.00. The van der Waals surface area contributed by atoms with Gasteiger partial charge in [-0.3, -0.25) is 4.79 Å². The van der Waals surface area contributed by atoms with Crippen LogP contribution in [0.5, 0.6) is 0 Å². The Bertz CT molecular complexity index is 528. The second-order valence-corrected chi connectivity index (χ2v) is 6.85. The molecule has 120 valence electrons. The second-order valence-electron chi connectivity index (χ2n) is 6.42. The number of halogens is 1. The van der Waals surface area contributed by atoms with E-state index < -0.39 is 0 Å². The molecule has 2 N–H and O–H groups in total. The standard InChI is InChI=1S/C17H24ClN3O/c18-14-4-2-6-16(12-14)20-7-9-21(10-8-20)17(22)13-3-1-5-15(19)11-13/h2,4,6,12-13,15H,1,3,5,7-11,19H2. The molecule has 2 unspecified atom stereocenters. The number of nitrogens with zero attached hydrogens (tertiary/aromatic N) is 2. The lowest BCUT2D eigenvalue weighted by Crippen LogP contribution is -2.51. The number of anilines is 1. The molecule has 1 aliphatic heterocycles. The largest absolute Gasteiger partial charge is 0.368 e. The van der Waals surface area contributed by atoms with Crippen LogP contribution in [0, 0.1) is 5.92 Å². The molecule has 1 heterocycles. The summed E-state index contributed by atoms with van der Waals surface area (Å²) in [5.74, 6) is 0.447. The van der Waals surface area contributed by atoms with E-state index in [2.05, 4.69) is 11.0 Å². The molecule has 0 spiro atoms. The average Bonchev–Trinajstić information content (AvgIpc) is 2.54. The minimum atomic E-state index is 0.140. The quantitative estimate of drug-likeness (QED) is 0.910. The van der Waals surface area contributed by atoms with E-state index in [1.54, 1.807) is 0 Å². The van der Waals surface area contributed by atoms with Crippen molar-refractivity contribution < 1.29 is 4.79 Å². The number of hydrogen-bond donors (Lipinski definition) is 1. The number of amides is 1. The Kier molecular flexibility index (Phi) is 4.89. The number of rotatable bonds is 2. The molecule has 1 saturated heterocycles. The molecule has 1 aliphatic carbocycles. The summed E-state index contributed by atoms with van der Waals surface area (Å²) in [6, 6.07) is 8.12. The minimum absolute atomic E-state index is 0.140. The van der Waals surface area contributed by atoms with Gasteiger partial charge in [0.2, 0.25) is 5.91 Å². The summed E-state index contributed by atoms with van der Waals surface area (Å²) in [7, 11) is 0. The van der Waals surface area contributed by atoms with Gasteiger partial charge in [0.05, 0.1) is 0 Å². The van der Waals surface area contributed by atoms with Crippen molar-refractivity contribution in [3.63, 3.8) is 0 Å².